The van der Waals surface area contributed by atoms with Gasteiger partial charge in [-0.05, 0) is 64.4 Å². The lowest BCUT2D eigenvalue weighted by Crippen LogP contribution is -2.35. The van der Waals surface area contributed by atoms with E-state index in [4.69, 9.17) is 16.3 Å². The van der Waals surface area contributed by atoms with Crippen LogP contribution in [0.4, 0.5) is 4.39 Å². The first-order chi connectivity index (χ1) is 13.0. The minimum atomic E-state index is -1.36. The summed E-state index contributed by atoms with van der Waals surface area (Å²) >= 11 is 6.16. The fourth-order valence-electron chi connectivity index (χ4n) is 2.46. The van der Waals surface area contributed by atoms with Gasteiger partial charge < -0.3 is 4.74 Å². The summed E-state index contributed by atoms with van der Waals surface area (Å²) in [5.74, 6) is -0.409. The third kappa shape index (κ3) is 5.40. The normalized spacial score (nSPS) is 13.8. The van der Waals surface area contributed by atoms with Crippen LogP contribution < -0.4 is 9.46 Å². The monoisotopic (exact) mass is 425 g/mol. The maximum atomic E-state index is 15.2. The Morgan fingerprint density at radius 3 is 2.32 bits per heavy atom. The molecule has 1 N–H and O–H groups in total. The van der Waals surface area contributed by atoms with Crippen LogP contribution >= 0.6 is 11.6 Å². The molecule has 2 atom stereocenters. The van der Waals surface area contributed by atoms with E-state index in [1.165, 1.54) is 6.92 Å². The zero-order valence-corrected chi connectivity index (χ0v) is 18.2. The summed E-state index contributed by atoms with van der Waals surface area (Å²) in [4.78, 5) is 11.4. The van der Waals surface area contributed by atoms with E-state index < -0.39 is 27.6 Å². The molecule has 0 saturated heterocycles. The molecule has 0 fully saturated rings. The van der Waals surface area contributed by atoms with Gasteiger partial charge in [0.1, 0.15) is 5.75 Å². The molecular formula is C21H25ClFNO3S. The topological polar surface area (TPSA) is 55.4 Å². The zero-order valence-electron chi connectivity index (χ0n) is 16.6. The van der Waals surface area contributed by atoms with Crippen molar-refractivity contribution in [3.8, 4) is 11.5 Å². The van der Waals surface area contributed by atoms with E-state index in [0.717, 1.165) is 0 Å². The van der Waals surface area contributed by atoms with Crippen LogP contribution in [-0.2, 0) is 11.0 Å². The van der Waals surface area contributed by atoms with Gasteiger partial charge in [-0.2, -0.15) is 0 Å². The Morgan fingerprint density at radius 1 is 1.21 bits per heavy atom. The van der Waals surface area contributed by atoms with Crippen molar-refractivity contribution in [2.45, 2.75) is 51.8 Å². The van der Waals surface area contributed by atoms with Gasteiger partial charge in [-0.3, -0.25) is 4.79 Å². The predicted octanol–water partition coefficient (Wildman–Crippen LogP) is 5.98. The fourth-order valence-corrected chi connectivity index (χ4v) is 3.55. The minimum absolute atomic E-state index is 0.0681. The SMILES string of the molecule is CC[C@@H](N[S@](=O)C(C)(C)C)c1ccc(Cl)c(Oc2ccc(C(C)=O)cc2)c1F. The quantitative estimate of drug-likeness (QED) is 0.555. The molecule has 0 aliphatic heterocycles. The molecule has 0 aromatic heterocycles. The van der Waals surface area contributed by atoms with Crippen LogP contribution in [-0.4, -0.2) is 14.7 Å². The number of ether oxygens (including phenoxy) is 1. The van der Waals surface area contributed by atoms with Crippen molar-refractivity contribution in [2.75, 3.05) is 0 Å². The van der Waals surface area contributed by atoms with Gasteiger partial charge >= 0.3 is 0 Å². The molecule has 2 aromatic rings. The summed E-state index contributed by atoms with van der Waals surface area (Å²) < 4.78 is 35.8. The summed E-state index contributed by atoms with van der Waals surface area (Å²) in [5.41, 5.74) is 0.868. The van der Waals surface area contributed by atoms with E-state index in [1.54, 1.807) is 36.4 Å². The highest BCUT2D eigenvalue weighted by atomic mass is 35.5. The number of Topliss-reactive ketones (excluding diaryl/α,β-unsaturated/α-hetero) is 1. The number of halogens is 2. The van der Waals surface area contributed by atoms with Crippen LogP contribution in [0.5, 0.6) is 11.5 Å². The number of benzene rings is 2. The maximum Gasteiger partial charge on any atom is 0.181 e. The number of rotatable bonds is 7. The molecule has 152 valence electrons. The van der Waals surface area contributed by atoms with Gasteiger partial charge in [-0.15, -0.1) is 0 Å². The molecule has 0 aliphatic carbocycles. The number of ketones is 1. The molecule has 4 nitrogen and oxygen atoms in total. The Balaban J connectivity index is 2.34. The van der Waals surface area contributed by atoms with Crippen LogP contribution in [0, 0.1) is 5.82 Å². The lowest BCUT2D eigenvalue weighted by Gasteiger charge is -2.24. The van der Waals surface area contributed by atoms with Crippen molar-refractivity contribution in [2.24, 2.45) is 0 Å². The number of carbonyl (C=O) groups excluding carboxylic acids is 1. The van der Waals surface area contributed by atoms with Gasteiger partial charge in [0.25, 0.3) is 0 Å². The summed E-state index contributed by atoms with van der Waals surface area (Å²) in [5, 5.41) is 0.128. The Hall–Kier alpha value is -1.76. The Labute approximate surface area is 173 Å². The summed E-state index contributed by atoms with van der Waals surface area (Å²) in [7, 11) is -1.36. The molecule has 0 amide bonds. The van der Waals surface area contributed by atoms with Crippen LogP contribution in [0.2, 0.25) is 5.02 Å². The first-order valence-electron chi connectivity index (χ1n) is 8.99. The molecule has 0 spiro atoms. The van der Waals surface area contributed by atoms with Gasteiger partial charge in [0, 0.05) is 17.2 Å². The Morgan fingerprint density at radius 2 is 1.82 bits per heavy atom. The second kappa shape index (κ2) is 9.16. The molecule has 28 heavy (non-hydrogen) atoms. The van der Waals surface area contributed by atoms with E-state index in [9.17, 15) is 9.00 Å². The van der Waals surface area contributed by atoms with Gasteiger partial charge in [-0.25, -0.2) is 13.3 Å². The molecular weight excluding hydrogens is 401 g/mol. The summed E-state index contributed by atoms with van der Waals surface area (Å²) in [6.07, 6.45) is 0.535. The van der Waals surface area contributed by atoms with E-state index in [1.807, 2.05) is 27.7 Å². The highest BCUT2D eigenvalue weighted by molar-refractivity contribution is 7.84. The fraction of sp³-hybridized carbons (Fsp3) is 0.381. The molecule has 0 heterocycles. The lowest BCUT2D eigenvalue weighted by atomic mass is 10.0. The number of carbonyl (C=O) groups is 1. The van der Waals surface area contributed by atoms with Crippen molar-refractivity contribution in [1.29, 1.82) is 0 Å². The smallest absolute Gasteiger partial charge is 0.181 e. The first-order valence-corrected chi connectivity index (χ1v) is 10.5. The number of hydrogen-bond acceptors (Lipinski definition) is 3. The molecule has 0 unspecified atom stereocenters. The van der Waals surface area contributed by atoms with Crippen molar-refractivity contribution < 1.29 is 18.1 Å². The highest BCUT2D eigenvalue weighted by Gasteiger charge is 2.26. The minimum Gasteiger partial charge on any atom is -0.453 e. The average Bonchev–Trinajstić information content (AvgIpc) is 2.63. The standard InChI is InChI=1S/C21H25ClFNO3S/c1-6-18(24-28(26)21(3,4)5)16-11-12-17(22)20(19(16)23)27-15-9-7-14(8-10-15)13(2)25/h7-12,18,24H,6H2,1-5H3/t18-,28-/m1/s1. The predicted molar refractivity (Wildman–Crippen MR) is 112 cm³/mol. The van der Waals surface area contributed by atoms with Crippen LogP contribution in [0.1, 0.15) is 63.0 Å². The molecule has 7 heteroatoms. The second-order valence-corrected chi connectivity index (χ2v) is 9.83. The van der Waals surface area contributed by atoms with E-state index >= 15 is 4.39 Å². The van der Waals surface area contributed by atoms with Gasteiger partial charge in [0.05, 0.1) is 20.8 Å². The molecule has 0 radical (unpaired) electrons. The lowest BCUT2D eigenvalue weighted by molar-refractivity contribution is 0.101. The van der Waals surface area contributed by atoms with Crippen molar-refractivity contribution in [3.05, 3.63) is 58.4 Å². The Kier molecular flexibility index (Phi) is 7.37. The van der Waals surface area contributed by atoms with Gasteiger partial charge in [0.2, 0.25) is 0 Å². The average molecular weight is 426 g/mol. The van der Waals surface area contributed by atoms with Crippen LogP contribution in [0.15, 0.2) is 36.4 Å². The summed E-state index contributed by atoms with van der Waals surface area (Å²) in [6.45, 7) is 8.89. The maximum absolute atomic E-state index is 15.2. The molecule has 0 saturated carbocycles. The molecule has 0 aliphatic rings. The Bertz CT molecular complexity index is 878. The second-order valence-electron chi connectivity index (χ2n) is 7.42. The zero-order chi connectivity index (χ0) is 21.1. The highest BCUT2D eigenvalue weighted by Crippen LogP contribution is 2.37. The van der Waals surface area contributed by atoms with E-state index in [-0.39, 0.29) is 16.6 Å². The van der Waals surface area contributed by atoms with E-state index in [2.05, 4.69) is 4.72 Å². The third-order valence-corrected chi connectivity index (χ3v) is 6.06. The van der Waals surface area contributed by atoms with Gasteiger partial charge in [-0.1, -0.05) is 24.6 Å². The molecule has 2 aromatic carbocycles. The van der Waals surface area contributed by atoms with Crippen LogP contribution in [0.3, 0.4) is 0 Å². The largest absolute Gasteiger partial charge is 0.453 e. The van der Waals surface area contributed by atoms with Gasteiger partial charge in [0.15, 0.2) is 17.3 Å². The van der Waals surface area contributed by atoms with Crippen molar-refractivity contribution in [3.63, 3.8) is 0 Å². The van der Waals surface area contributed by atoms with Crippen molar-refractivity contribution in [1.82, 2.24) is 4.72 Å². The van der Waals surface area contributed by atoms with Crippen LogP contribution in [0.25, 0.3) is 0 Å². The van der Waals surface area contributed by atoms with Crippen molar-refractivity contribution >= 4 is 28.4 Å². The number of nitrogens with one attached hydrogen (secondary N) is 1. The third-order valence-electron chi connectivity index (χ3n) is 4.15. The molecule has 2 rings (SSSR count). The number of hydrogen-bond donors (Lipinski definition) is 1. The van der Waals surface area contributed by atoms with E-state index in [0.29, 0.717) is 23.3 Å². The summed E-state index contributed by atoms with van der Waals surface area (Å²) in [6, 6.07) is 9.06. The molecule has 0 bridgehead atoms. The first kappa shape index (κ1) is 22.5.